The Hall–Kier alpha value is -2.18. The van der Waals surface area contributed by atoms with Crippen LogP contribution in [0.25, 0.3) is 0 Å². The summed E-state index contributed by atoms with van der Waals surface area (Å²) in [4.78, 5) is 6.77. The molecule has 1 aliphatic rings. The number of halogens is 1. The number of aryl methyl sites for hydroxylation is 2. The topological polar surface area (TPSA) is 33.1 Å². The van der Waals surface area contributed by atoms with Gasteiger partial charge in [0.15, 0.2) is 5.11 Å². The molecule has 0 unspecified atom stereocenters. The lowest BCUT2D eigenvalue weighted by Crippen LogP contribution is -2.29. The second-order valence-corrected chi connectivity index (χ2v) is 7.78. The van der Waals surface area contributed by atoms with E-state index in [0.717, 1.165) is 21.0 Å². The van der Waals surface area contributed by atoms with Crippen molar-refractivity contribution in [2.45, 2.75) is 19.0 Å². The van der Waals surface area contributed by atoms with Crippen molar-refractivity contribution in [3.8, 4) is 0 Å². The van der Waals surface area contributed by atoms with Crippen LogP contribution in [0.3, 0.4) is 0 Å². The molecule has 1 saturated heterocycles. The molecule has 0 spiro atoms. The highest BCUT2D eigenvalue weighted by molar-refractivity contribution is 9.10. The Morgan fingerprint density at radius 3 is 2.69 bits per heavy atom. The number of pyridine rings is 1. The number of aromatic nitrogens is 2. The minimum Gasteiger partial charge on any atom is -0.357 e. The summed E-state index contributed by atoms with van der Waals surface area (Å²) >= 11 is 9.31. The largest absolute Gasteiger partial charge is 0.357 e. The maximum atomic E-state index is 5.73. The normalized spacial score (nSPS) is 19.7. The first kappa shape index (κ1) is 17.2. The van der Waals surface area contributed by atoms with Crippen molar-refractivity contribution in [2.75, 3.05) is 4.90 Å². The molecule has 4 nitrogen and oxygen atoms in total. The summed E-state index contributed by atoms with van der Waals surface area (Å²) in [7, 11) is 2.04. The van der Waals surface area contributed by atoms with Crippen molar-refractivity contribution in [3.63, 3.8) is 0 Å². The van der Waals surface area contributed by atoms with E-state index < -0.39 is 0 Å². The zero-order valence-corrected chi connectivity index (χ0v) is 17.0. The van der Waals surface area contributed by atoms with E-state index in [2.05, 4.69) is 79.3 Å². The number of rotatable bonds is 3. The van der Waals surface area contributed by atoms with Gasteiger partial charge in [0.25, 0.3) is 0 Å². The standard InChI is InChI=1S/C20H19BrN4S/c1-13-11-15(6-7-16(13)21)25-19(14-8-10-24(2)12-14)18(23-20(25)26)17-5-3-4-9-22-17/h3-12,18-19H,1-2H3,(H,23,26)/t18-,19+/m1/s1. The van der Waals surface area contributed by atoms with Crippen LogP contribution < -0.4 is 10.2 Å². The van der Waals surface area contributed by atoms with Crippen LogP contribution in [0.1, 0.15) is 28.9 Å². The van der Waals surface area contributed by atoms with E-state index in [4.69, 9.17) is 12.2 Å². The summed E-state index contributed by atoms with van der Waals surface area (Å²) in [6, 6.07) is 14.5. The monoisotopic (exact) mass is 426 g/mol. The number of nitrogens with one attached hydrogen (secondary N) is 1. The highest BCUT2D eigenvalue weighted by Crippen LogP contribution is 2.42. The molecule has 1 N–H and O–H groups in total. The molecule has 1 fully saturated rings. The van der Waals surface area contributed by atoms with Gasteiger partial charge in [0, 0.05) is 35.8 Å². The van der Waals surface area contributed by atoms with Gasteiger partial charge in [-0.05, 0) is 66.7 Å². The van der Waals surface area contributed by atoms with Gasteiger partial charge in [0.2, 0.25) is 0 Å². The molecule has 1 aromatic carbocycles. The Bertz CT molecular complexity index is 953. The first-order valence-corrected chi connectivity index (χ1v) is 9.63. The third-order valence-electron chi connectivity index (χ3n) is 4.71. The van der Waals surface area contributed by atoms with Gasteiger partial charge in [0.1, 0.15) is 0 Å². The first-order chi connectivity index (χ1) is 12.5. The number of anilines is 1. The Labute approximate surface area is 167 Å². The summed E-state index contributed by atoms with van der Waals surface area (Å²) in [5.74, 6) is 0. The van der Waals surface area contributed by atoms with E-state index in [1.54, 1.807) is 0 Å². The van der Waals surface area contributed by atoms with Crippen LogP contribution in [-0.4, -0.2) is 14.7 Å². The molecule has 6 heteroatoms. The van der Waals surface area contributed by atoms with Crippen LogP contribution >= 0.6 is 28.1 Å². The van der Waals surface area contributed by atoms with Gasteiger partial charge in [-0.2, -0.15) is 0 Å². The number of thiocarbonyl (C=S) groups is 1. The molecule has 4 rings (SSSR count). The molecule has 2 aromatic heterocycles. The van der Waals surface area contributed by atoms with Gasteiger partial charge in [0.05, 0.1) is 17.8 Å². The van der Waals surface area contributed by atoms with Gasteiger partial charge in [-0.25, -0.2) is 0 Å². The van der Waals surface area contributed by atoms with Crippen LogP contribution in [0, 0.1) is 6.92 Å². The van der Waals surface area contributed by atoms with E-state index in [-0.39, 0.29) is 12.1 Å². The zero-order valence-electron chi connectivity index (χ0n) is 14.6. The molecular formula is C20H19BrN4S. The summed E-state index contributed by atoms with van der Waals surface area (Å²) in [5.41, 5.74) is 4.45. The maximum Gasteiger partial charge on any atom is 0.174 e. The van der Waals surface area contributed by atoms with Crippen LogP contribution in [0.15, 0.2) is 65.5 Å². The number of hydrogen-bond acceptors (Lipinski definition) is 2. The van der Waals surface area contributed by atoms with E-state index in [1.165, 1.54) is 11.1 Å². The SMILES string of the molecule is Cc1cc(N2C(=S)N[C@H](c3ccccn3)[C@@H]2c2ccn(C)c2)ccc1Br. The molecular weight excluding hydrogens is 408 g/mol. The second kappa shape index (κ2) is 6.85. The summed E-state index contributed by atoms with van der Waals surface area (Å²) in [6.45, 7) is 2.09. The minimum atomic E-state index is -0.00458. The van der Waals surface area contributed by atoms with Crippen molar-refractivity contribution in [2.24, 2.45) is 7.05 Å². The van der Waals surface area contributed by atoms with Crippen LogP contribution in [0.2, 0.25) is 0 Å². The summed E-state index contributed by atoms with van der Waals surface area (Å²) < 4.78 is 3.16. The Kier molecular flexibility index (Phi) is 4.54. The van der Waals surface area contributed by atoms with Crippen LogP contribution in [0.5, 0.6) is 0 Å². The fourth-order valence-corrected chi connectivity index (χ4v) is 4.04. The highest BCUT2D eigenvalue weighted by atomic mass is 79.9. The fraction of sp³-hybridized carbons (Fsp3) is 0.200. The average molecular weight is 427 g/mol. The Morgan fingerprint density at radius 1 is 1.19 bits per heavy atom. The minimum absolute atomic E-state index is 0.00458. The van der Waals surface area contributed by atoms with E-state index in [0.29, 0.717) is 0 Å². The van der Waals surface area contributed by atoms with Gasteiger partial charge in [-0.3, -0.25) is 4.98 Å². The van der Waals surface area contributed by atoms with Crippen molar-refractivity contribution in [1.82, 2.24) is 14.9 Å². The van der Waals surface area contributed by atoms with Crippen LogP contribution in [-0.2, 0) is 7.05 Å². The quantitative estimate of drug-likeness (QED) is 0.616. The maximum absolute atomic E-state index is 5.73. The lowest BCUT2D eigenvalue weighted by atomic mass is 9.98. The third kappa shape index (κ3) is 3.04. The molecule has 0 bridgehead atoms. The third-order valence-corrected chi connectivity index (χ3v) is 5.92. The van der Waals surface area contributed by atoms with Crippen molar-refractivity contribution >= 4 is 38.9 Å². The van der Waals surface area contributed by atoms with Gasteiger partial charge < -0.3 is 14.8 Å². The lowest BCUT2D eigenvalue weighted by Gasteiger charge is -2.27. The summed E-state index contributed by atoms with van der Waals surface area (Å²) in [5, 5.41) is 4.20. The van der Waals surface area contributed by atoms with Crippen molar-refractivity contribution < 1.29 is 0 Å². The molecule has 0 amide bonds. The van der Waals surface area contributed by atoms with Crippen LogP contribution in [0.4, 0.5) is 5.69 Å². The Morgan fingerprint density at radius 2 is 2.04 bits per heavy atom. The van der Waals surface area contributed by atoms with E-state index in [1.807, 2.05) is 31.4 Å². The molecule has 3 heterocycles. The number of hydrogen-bond donors (Lipinski definition) is 1. The fourth-order valence-electron chi connectivity index (χ4n) is 3.45. The summed E-state index contributed by atoms with van der Waals surface area (Å²) in [6.07, 6.45) is 6.04. The molecule has 1 aliphatic heterocycles. The molecule has 132 valence electrons. The molecule has 2 atom stereocenters. The Balaban J connectivity index is 1.83. The lowest BCUT2D eigenvalue weighted by molar-refractivity contribution is 0.567. The smallest absolute Gasteiger partial charge is 0.174 e. The molecule has 0 saturated carbocycles. The zero-order chi connectivity index (χ0) is 18.3. The average Bonchev–Trinajstić information content (AvgIpc) is 3.21. The molecule has 3 aromatic rings. The second-order valence-electron chi connectivity index (χ2n) is 6.54. The molecule has 0 radical (unpaired) electrons. The molecule has 0 aliphatic carbocycles. The first-order valence-electron chi connectivity index (χ1n) is 8.43. The van der Waals surface area contributed by atoms with Crippen molar-refractivity contribution in [3.05, 3.63) is 82.3 Å². The van der Waals surface area contributed by atoms with Crippen molar-refractivity contribution in [1.29, 1.82) is 0 Å². The van der Waals surface area contributed by atoms with Gasteiger partial charge in [-0.1, -0.05) is 22.0 Å². The van der Waals surface area contributed by atoms with Gasteiger partial charge >= 0.3 is 0 Å². The van der Waals surface area contributed by atoms with E-state index >= 15 is 0 Å². The van der Waals surface area contributed by atoms with E-state index in [9.17, 15) is 0 Å². The van der Waals surface area contributed by atoms with Gasteiger partial charge in [-0.15, -0.1) is 0 Å². The highest BCUT2D eigenvalue weighted by Gasteiger charge is 2.41. The molecule has 26 heavy (non-hydrogen) atoms. The number of benzene rings is 1. The predicted molar refractivity (Wildman–Crippen MR) is 112 cm³/mol. The predicted octanol–water partition coefficient (Wildman–Crippen LogP) is 4.67. The number of nitrogens with zero attached hydrogens (tertiary/aromatic N) is 3.